The number of rotatable bonds is 10. The van der Waals surface area contributed by atoms with E-state index in [1.807, 2.05) is 71.0 Å². The van der Waals surface area contributed by atoms with Gasteiger partial charge in [0.1, 0.15) is 0 Å². The molecule has 0 aliphatic carbocycles. The molecule has 0 heterocycles. The maximum absolute atomic E-state index is 9.22. The summed E-state index contributed by atoms with van der Waals surface area (Å²) in [5, 5.41) is 0. The van der Waals surface area contributed by atoms with Crippen LogP contribution in [0.25, 0.3) is 0 Å². The summed E-state index contributed by atoms with van der Waals surface area (Å²) in [7, 11) is 0. The third-order valence-electron chi connectivity index (χ3n) is 5.64. The van der Waals surface area contributed by atoms with E-state index in [-0.39, 0.29) is 5.92 Å². The van der Waals surface area contributed by atoms with Gasteiger partial charge in [-0.2, -0.15) is 0 Å². The van der Waals surface area contributed by atoms with Crippen LogP contribution in [0.1, 0.15) is 99.3 Å². The van der Waals surface area contributed by atoms with Gasteiger partial charge in [0, 0.05) is 8.22 Å². The molecule has 170 valence electrons. The van der Waals surface area contributed by atoms with Crippen LogP contribution >= 0.6 is 0 Å². The highest BCUT2D eigenvalue weighted by molar-refractivity contribution is 5.40. The average molecular weight is 433 g/mol. The first kappa shape index (κ1) is 17.2. The molecule has 32 heavy (non-hydrogen) atoms. The van der Waals surface area contributed by atoms with Crippen LogP contribution in [0, 0.1) is 12.8 Å². The van der Waals surface area contributed by atoms with E-state index in [2.05, 4.69) is 13.0 Å². The monoisotopic (exact) mass is 432 g/mol. The first-order valence-electron chi connectivity index (χ1n) is 15.0. The molecule has 0 aromatic heterocycles. The molecule has 3 aromatic carbocycles. The van der Waals surface area contributed by atoms with Gasteiger partial charge in [-0.1, -0.05) is 94.8 Å². The molecule has 0 saturated heterocycles. The van der Waals surface area contributed by atoms with Crippen molar-refractivity contribution in [3.8, 4) is 0 Å². The van der Waals surface area contributed by atoms with Gasteiger partial charge in [-0.15, -0.1) is 0 Å². The van der Waals surface area contributed by atoms with Crippen LogP contribution in [0.3, 0.4) is 0 Å². The smallest absolute Gasteiger partial charge is 0.0366 e. The molecule has 3 aromatic rings. The van der Waals surface area contributed by atoms with E-state index < -0.39 is 19.1 Å². The Morgan fingerprint density at radius 3 is 1.38 bits per heavy atom. The summed E-state index contributed by atoms with van der Waals surface area (Å²) < 4.78 is 54.0. The third-order valence-corrected chi connectivity index (χ3v) is 5.64. The van der Waals surface area contributed by atoms with Crippen LogP contribution < -0.4 is 0 Å². The predicted molar refractivity (Wildman–Crippen MR) is 141 cm³/mol. The average Bonchev–Trinajstić information content (AvgIpc) is 2.86. The van der Waals surface area contributed by atoms with Gasteiger partial charge in [-0.25, -0.2) is 0 Å². The van der Waals surface area contributed by atoms with Gasteiger partial charge in [0.2, 0.25) is 0 Å². The predicted octanol–water partition coefficient (Wildman–Crippen LogP) is 8.45. The molecule has 0 nitrogen and oxygen atoms in total. The van der Waals surface area contributed by atoms with Gasteiger partial charge in [0.25, 0.3) is 0 Å². The van der Waals surface area contributed by atoms with Crippen LogP contribution in [0.2, 0.25) is 0 Å². The maximum atomic E-state index is 9.22. The molecule has 0 spiro atoms. The number of aryl methyl sites for hydroxylation is 5. The second-order valence-corrected chi connectivity index (χ2v) is 9.13. The van der Waals surface area contributed by atoms with Crippen LogP contribution in [-0.2, 0) is 38.4 Å². The fourth-order valence-corrected chi connectivity index (χ4v) is 3.90. The molecule has 0 bridgehead atoms. The molecule has 0 N–H and O–H groups in total. The lowest BCUT2D eigenvalue weighted by Crippen LogP contribution is -1.99. The summed E-state index contributed by atoms with van der Waals surface area (Å²) in [6.07, 6.45) is -2.80. The molecule has 0 radical (unpaired) electrons. The van der Waals surface area contributed by atoms with Gasteiger partial charge < -0.3 is 0 Å². The van der Waals surface area contributed by atoms with Gasteiger partial charge in [0.05, 0.1) is 0 Å². The van der Waals surface area contributed by atoms with Crippen molar-refractivity contribution >= 4 is 0 Å². The number of hydrogen-bond acceptors (Lipinski definition) is 0. The van der Waals surface area contributed by atoms with Gasteiger partial charge in [0.15, 0.2) is 0 Å². The molecule has 0 saturated carbocycles. The SMILES string of the molecule is [2H]C([2H])(CC(C)C)c1cc(CC)cc(C([2H])([2H])c2cc(CC)cc(C([2H])([2H])c3cc(C)cc(CC)c3)c2)c1. The molecule has 0 aliphatic rings. The molecular weight excluding hydrogens is 384 g/mol. The zero-order valence-electron chi connectivity index (χ0n) is 26.6. The topological polar surface area (TPSA) is 0 Å². The van der Waals surface area contributed by atoms with Crippen molar-refractivity contribution in [2.45, 2.75) is 86.3 Å². The summed E-state index contributed by atoms with van der Waals surface area (Å²) in [5.74, 6) is 0.163. The highest BCUT2D eigenvalue weighted by Crippen LogP contribution is 2.22. The largest absolute Gasteiger partial charge is 0.0628 e. The number of hydrogen-bond donors (Lipinski definition) is 0. The molecule has 0 atom stereocenters. The summed E-state index contributed by atoms with van der Waals surface area (Å²) in [5.41, 5.74) is 6.15. The molecule has 0 unspecified atom stereocenters. The summed E-state index contributed by atoms with van der Waals surface area (Å²) in [4.78, 5) is 0. The third kappa shape index (κ3) is 7.09. The van der Waals surface area contributed by atoms with Crippen molar-refractivity contribution < 1.29 is 8.22 Å². The summed E-state index contributed by atoms with van der Waals surface area (Å²) in [6, 6.07) is 16.6. The van der Waals surface area contributed by atoms with E-state index in [1.54, 1.807) is 12.1 Å². The minimum Gasteiger partial charge on any atom is -0.0628 e. The van der Waals surface area contributed by atoms with Crippen molar-refractivity contribution in [2.75, 3.05) is 0 Å². The van der Waals surface area contributed by atoms with E-state index in [1.165, 1.54) is 0 Å². The molecule has 0 aliphatic heterocycles. The quantitative estimate of drug-likeness (QED) is 0.301. The van der Waals surface area contributed by atoms with E-state index in [9.17, 15) is 2.74 Å². The highest BCUT2D eigenvalue weighted by atomic mass is 14.1. The molecular formula is C32H42. The van der Waals surface area contributed by atoms with Crippen molar-refractivity contribution in [1.29, 1.82) is 0 Å². The van der Waals surface area contributed by atoms with Crippen molar-refractivity contribution in [3.05, 3.63) is 105 Å². The highest BCUT2D eigenvalue weighted by Gasteiger charge is 2.07. The normalized spacial score (nSPS) is 15.5. The Kier molecular flexibility index (Phi) is 6.17. The van der Waals surface area contributed by atoms with Gasteiger partial charge in [-0.05, 0) is 102 Å². The first-order chi connectivity index (χ1) is 17.6. The Balaban J connectivity index is 2.18. The lowest BCUT2D eigenvalue weighted by Gasteiger charge is -2.13. The zero-order chi connectivity index (χ0) is 28.5. The fraction of sp³-hybridized carbons (Fsp3) is 0.438. The van der Waals surface area contributed by atoms with E-state index >= 15 is 0 Å². The van der Waals surface area contributed by atoms with Crippen molar-refractivity contribution in [3.63, 3.8) is 0 Å². The van der Waals surface area contributed by atoms with Crippen LogP contribution in [0.4, 0.5) is 0 Å². The van der Waals surface area contributed by atoms with E-state index in [0.29, 0.717) is 47.1 Å². The first-order valence-corrected chi connectivity index (χ1v) is 12.0. The molecule has 0 fully saturated rings. The Morgan fingerprint density at radius 1 is 0.562 bits per heavy atom. The van der Waals surface area contributed by atoms with E-state index in [0.717, 1.165) is 28.7 Å². The Morgan fingerprint density at radius 2 is 0.906 bits per heavy atom. The Bertz CT molecular complexity index is 1270. The van der Waals surface area contributed by atoms with Crippen molar-refractivity contribution in [1.82, 2.24) is 0 Å². The second kappa shape index (κ2) is 11.5. The van der Waals surface area contributed by atoms with Crippen LogP contribution in [0.15, 0.2) is 54.6 Å². The van der Waals surface area contributed by atoms with Gasteiger partial charge in [-0.3, -0.25) is 0 Å². The summed E-state index contributed by atoms with van der Waals surface area (Å²) >= 11 is 0. The molecule has 0 amide bonds. The Hall–Kier alpha value is -2.34. The van der Waals surface area contributed by atoms with Crippen LogP contribution in [0.5, 0.6) is 0 Å². The van der Waals surface area contributed by atoms with Crippen LogP contribution in [-0.4, -0.2) is 0 Å². The molecule has 3 rings (SSSR count). The minimum atomic E-state index is -1.93. The van der Waals surface area contributed by atoms with Crippen molar-refractivity contribution in [2.24, 2.45) is 5.92 Å². The number of benzene rings is 3. The maximum Gasteiger partial charge on any atom is 0.0366 e. The zero-order valence-corrected chi connectivity index (χ0v) is 20.6. The standard InChI is InChI=1S/C32H42/c1-7-25-12-24(6)13-29(15-25)20-31-17-27(9-3)18-32(22-31)21-30-16-26(8-2)14-28(19-30)11-10-23(4)5/h12-19,22-23H,7-11,20-21H2,1-6H3/i11D2,20D2,21D2. The van der Waals surface area contributed by atoms with E-state index in [4.69, 9.17) is 5.48 Å². The molecule has 0 heteroatoms. The summed E-state index contributed by atoms with van der Waals surface area (Å²) in [6.45, 7) is 12.0. The Labute approximate surface area is 205 Å². The lowest BCUT2D eigenvalue weighted by atomic mass is 9.92. The lowest BCUT2D eigenvalue weighted by molar-refractivity contribution is 0.586. The fourth-order valence-electron chi connectivity index (χ4n) is 3.90. The van der Waals surface area contributed by atoms with Gasteiger partial charge >= 0.3 is 0 Å². The minimum absolute atomic E-state index is 0.163. The second-order valence-electron chi connectivity index (χ2n) is 9.13.